The number of alkyl halides is 3. The van der Waals surface area contributed by atoms with E-state index in [1.54, 1.807) is 24.3 Å². The normalized spacial score (nSPS) is 13.6. The topological polar surface area (TPSA) is 41.5 Å². The van der Waals surface area contributed by atoms with E-state index >= 15 is 0 Å². The Morgan fingerprint density at radius 2 is 1.63 bits per heavy atom. The molecule has 0 aliphatic carbocycles. The molecule has 3 aromatic rings. The Hall–Kier alpha value is -2.19. The van der Waals surface area contributed by atoms with Gasteiger partial charge >= 0.3 is 5.51 Å². The van der Waals surface area contributed by atoms with Crippen molar-refractivity contribution in [2.45, 2.75) is 49.7 Å². The number of hydrogen-bond acceptors (Lipinski definition) is 4. The second kappa shape index (κ2) is 12.2. The highest BCUT2D eigenvalue weighted by molar-refractivity contribution is 8.00. The van der Waals surface area contributed by atoms with Gasteiger partial charge in [-0.2, -0.15) is 13.2 Å². The molecule has 0 aliphatic rings. The van der Waals surface area contributed by atoms with Crippen molar-refractivity contribution in [1.29, 1.82) is 0 Å². The monoisotopic (exact) mass is 523 g/mol. The predicted octanol–water partition coefficient (Wildman–Crippen LogP) is 8.00. The molecule has 0 fully saturated rings. The number of benzene rings is 3. The van der Waals surface area contributed by atoms with E-state index in [9.17, 15) is 18.3 Å². The maximum atomic E-state index is 13.0. The van der Waals surface area contributed by atoms with Crippen molar-refractivity contribution in [2.24, 2.45) is 5.92 Å². The van der Waals surface area contributed by atoms with Crippen molar-refractivity contribution < 1.29 is 23.0 Å². The first-order chi connectivity index (χ1) is 16.6. The van der Waals surface area contributed by atoms with Crippen LogP contribution in [0.25, 0.3) is 0 Å². The quantitative estimate of drug-likeness (QED) is 0.264. The summed E-state index contributed by atoms with van der Waals surface area (Å²) >= 11 is 6.07. The number of thioether (sulfide) groups is 1. The molecule has 2 unspecified atom stereocenters. The molecule has 0 aliphatic heterocycles. The Morgan fingerprint density at radius 1 is 0.971 bits per heavy atom. The highest BCUT2D eigenvalue weighted by Crippen LogP contribution is 2.38. The van der Waals surface area contributed by atoms with E-state index in [0.717, 1.165) is 17.5 Å². The molecule has 8 heteroatoms. The fourth-order valence-corrected chi connectivity index (χ4v) is 4.43. The zero-order valence-electron chi connectivity index (χ0n) is 19.8. The Balaban J connectivity index is 1.92. The van der Waals surface area contributed by atoms with Crippen LogP contribution in [0.4, 0.5) is 13.2 Å². The molecule has 2 N–H and O–H groups in total. The third kappa shape index (κ3) is 8.17. The maximum absolute atomic E-state index is 13.0. The molecular formula is C27H29ClF3NO2S. The zero-order chi connectivity index (χ0) is 25.6. The zero-order valence-corrected chi connectivity index (χ0v) is 21.3. The number of halogens is 4. The number of nitrogens with one attached hydrogen (secondary N) is 1. The predicted molar refractivity (Wildman–Crippen MR) is 136 cm³/mol. The third-order valence-electron chi connectivity index (χ3n) is 5.55. The summed E-state index contributed by atoms with van der Waals surface area (Å²) < 4.78 is 45.0. The first-order valence-corrected chi connectivity index (χ1v) is 12.6. The molecular weight excluding hydrogens is 495 g/mol. The first kappa shape index (κ1) is 27.4. The van der Waals surface area contributed by atoms with Crippen LogP contribution in [0.2, 0.25) is 5.02 Å². The van der Waals surface area contributed by atoms with Gasteiger partial charge in [0.05, 0.1) is 12.1 Å². The molecule has 3 aromatic carbocycles. The fourth-order valence-electron chi connectivity index (χ4n) is 3.57. The van der Waals surface area contributed by atoms with Gasteiger partial charge in [0.25, 0.3) is 0 Å². The minimum Gasteiger partial charge on any atom is -0.457 e. The smallest absolute Gasteiger partial charge is 0.446 e. The number of aliphatic hydroxyl groups excluding tert-OH is 1. The highest BCUT2D eigenvalue weighted by atomic mass is 35.5. The minimum atomic E-state index is -4.38. The average Bonchev–Trinajstić information content (AvgIpc) is 2.79. The molecule has 3 rings (SSSR count). The Kier molecular flexibility index (Phi) is 9.53. The summed E-state index contributed by atoms with van der Waals surface area (Å²) in [5.41, 5.74) is -1.94. The summed E-state index contributed by atoms with van der Waals surface area (Å²) in [7, 11) is 0. The summed E-state index contributed by atoms with van der Waals surface area (Å²) in [6.07, 6.45) is 0.165. The van der Waals surface area contributed by atoms with Gasteiger partial charge in [-0.1, -0.05) is 56.6 Å². The van der Waals surface area contributed by atoms with E-state index in [1.165, 1.54) is 12.1 Å². The van der Waals surface area contributed by atoms with Crippen LogP contribution >= 0.6 is 23.4 Å². The van der Waals surface area contributed by atoms with Gasteiger partial charge in [0, 0.05) is 16.5 Å². The van der Waals surface area contributed by atoms with Gasteiger partial charge < -0.3 is 15.2 Å². The molecule has 0 aromatic heterocycles. The van der Waals surface area contributed by atoms with Crippen LogP contribution in [0.3, 0.4) is 0 Å². The second-order valence-electron chi connectivity index (χ2n) is 8.55. The van der Waals surface area contributed by atoms with Gasteiger partial charge in [-0.15, -0.1) is 0 Å². The summed E-state index contributed by atoms with van der Waals surface area (Å²) in [6, 6.07) is 18.8. The lowest BCUT2D eigenvalue weighted by Crippen LogP contribution is -2.33. The average molecular weight is 524 g/mol. The van der Waals surface area contributed by atoms with Gasteiger partial charge in [-0.25, -0.2) is 0 Å². The van der Waals surface area contributed by atoms with Crippen LogP contribution in [-0.2, 0) is 6.42 Å². The second-order valence-corrected chi connectivity index (χ2v) is 10.1. The molecule has 0 spiro atoms. The number of aryl methyl sites for hydroxylation is 1. The Bertz CT molecular complexity index is 1120. The number of ether oxygens (including phenoxy) is 1. The van der Waals surface area contributed by atoms with E-state index in [-0.39, 0.29) is 29.1 Å². The third-order valence-corrected chi connectivity index (χ3v) is 6.64. The van der Waals surface area contributed by atoms with Gasteiger partial charge in [-0.3, -0.25) is 0 Å². The largest absolute Gasteiger partial charge is 0.457 e. The van der Waals surface area contributed by atoms with Crippen LogP contribution in [0.15, 0.2) is 71.6 Å². The van der Waals surface area contributed by atoms with Gasteiger partial charge in [0.15, 0.2) is 0 Å². The maximum Gasteiger partial charge on any atom is 0.446 e. The van der Waals surface area contributed by atoms with E-state index in [2.05, 4.69) is 5.32 Å². The Morgan fingerprint density at radius 3 is 2.29 bits per heavy atom. The van der Waals surface area contributed by atoms with E-state index in [0.29, 0.717) is 22.1 Å². The molecule has 0 bridgehead atoms. The molecule has 35 heavy (non-hydrogen) atoms. The first-order valence-electron chi connectivity index (χ1n) is 11.4. The molecule has 3 nitrogen and oxygen atoms in total. The molecule has 0 amide bonds. The van der Waals surface area contributed by atoms with Gasteiger partial charge in [-0.05, 0) is 83.3 Å². The molecule has 188 valence electrons. The molecule has 0 saturated heterocycles. The summed E-state index contributed by atoms with van der Waals surface area (Å²) in [5.74, 6) is 1.26. The number of hydrogen-bond donors (Lipinski definition) is 2. The van der Waals surface area contributed by atoms with Crippen molar-refractivity contribution in [2.75, 3.05) is 6.54 Å². The van der Waals surface area contributed by atoms with E-state index in [1.807, 2.05) is 51.1 Å². The van der Waals surface area contributed by atoms with Crippen LogP contribution in [0.5, 0.6) is 11.5 Å². The molecule has 0 radical (unpaired) electrons. The van der Waals surface area contributed by atoms with Crippen LogP contribution < -0.4 is 10.1 Å². The van der Waals surface area contributed by atoms with Gasteiger partial charge in [0.1, 0.15) is 11.5 Å². The van der Waals surface area contributed by atoms with Crippen LogP contribution in [0.1, 0.15) is 43.5 Å². The van der Waals surface area contributed by atoms with E-state index < -0.39 is 17.7 Å². The summed E-state index contributed by atoms with van der Waals surface area (Å²) in [4.78, 5) is 0.104. The standard InChI is InChI=1S/C27H29ClF3NO2S/c1-4-18-13-22(11-12-24(18)28)34-21-9-5-7-19(14-21)26(32-16-25(33)17(2)3)20-8-6-10-23(15-20)35-27(29,30)31/h5-15,17,25-26,32-33H,4,16H2,1-3H3. The fraction of sp³-hybridized carbons (Fsp3) is 0.333. The van der Waals surface area contributed by atoms with Crippen molar-refractivity contribution >= 4 is 23.4 Å². The number of rotatable bonds is 10. The van der Waals surface area contributed by atoms with Crippen molar-refractivity contribution in [3.63, 3.8) is 0 Å². The highest BCUT2D eigenvalue weighted by Gasteiger charge is 2.29. The van der Waals surface area contributed by atoms with Crippen molar-refractivity contribution in [1.82, 2.24) is 5.32 Å². The lowest BCUT2D eigenvalue weighted by molar-refractivity contribution is -0.0328. The minimum absolute atomic E-state index is 0.0302. The number of aliphatic hydroxyl groups is 1. The lowest BCUT2D eigenvalue weighted by atomic mass is 9.97. The van der Waals surface area contributed by atoms with Gasteiger partial charge in [0.2, 0.25) is 0 Å². The summed E-state index contributed by atoms with van der Waals surface area (Å²) in [6.45, 7) is 6.11. The van der Waals surface area contributed by atoms with Crippen LogP contribution in [0, 0.1) is 5.92 Å². The van der Waals surface area contributed by atoms with E-state index in [4.69, 9.17) is 16.3 Å². The van der Waals surface area contributed by atoms with Crippen molar-refractivity contribution in [3.8, 4) is 11.5 Å². The lowest BCUT2D eigenvalue weighted by Gasteiger charge is -2.24. The Labute approximate surface area is 213 Å². The van der Waals surface area contributed by atoms with Crippen molar-refractivity contribution in [3.05, 3.63) is 88.4 Å². The SMILES string of the molecule is CCc1cc(Oc2cccc(C(NCC(O)C(C)C)c3cccc(SC(F)(F)F)c3)c2)ccc1Cl. The van der Waals surface area contributed by atoms with Crippen LogP contribution in [-0.4, -0.2) is 23.3 Å². The summed E-state index contributed by atoms with van der Waals surface area (Å²) in [5, 5.41) is 14.4. The molecule has 0 heterocycles. The molecule has 0 saturated carbocycles. The molecule has 2 atom stereocenters.